The van der Waals surface area contributed by atoms with Gasteiger partial charge in [0.2, 0.25) is 0 Å². The van der Waals surface area contributed by atoms with E-state index >= 15 is 0 Å². The van der Waals surface area contributed by atoms with Crippen LogP contribution >= 0.6 is 15.9 Å². The monoisotopic (exact) mass is 354 g/mol. The van der Waals surface area contributed by atoms with Crippen molar-refractivity contribution in [3.05, 3.63) is 67.9 Å². The van der Waals surface area contributed by atoms with Crippen molar-refractivity contribution in [1.82, 2.24) is 0 Å². The molecule has 0 bridgehead atoms. The van der Waals surface area contributed by atoms with Crippen molar-refractivity contribution in [3.8, 4) is 5.75 Å². The average Bonchev–Trinajstić information content (AvgIpc) is 2.47. The number of non-ortho nitro benzene ring substituents is 1. The van der Waals surface area contributed by atoms with Crippen molar-refractivity contribution in [3.63, 3.8) is 0 Å². The van der Waals surface area contributed by atoms with Crippen LogP contribution in [0.15, 0.2) is 40.9 Å². The molecular formula is C14H12BrFN2O3. The molecule has 0 aliphatic carbocycles. The number of nitro benzene ring substituents is 1. The van der Waals surface area contributed by atoms with E-state index < -0.39 is 4.92 Å². The van der Waals surface area contributed by atoms with E-state index in [1.807, 2.05) is 0 Å². The zero-order valence-electron chi connectivity index (χ0n) is 10.9. The molecule has 0 amide bonds. The molecule has 2 rings (SSSR count). The summed E-state index contributed by atoms with van der Waals surface area (Å²) in [6, 6.07) is 8.69. The van der Waals surface area contributed by atoms with E-state index in [9.17, 15) is 14.5 Å². The Morgan fingerprint density at radius 3 is 2.67 bits per heavy atom. The molecule has 0 aliphatic heterocycles. The molecule has 0 radical (unpaired) electrons. The zero-order valence-corrected chi connectivity index (χ0v) is 12.5. The lowest BCUT2D eigenvalue weighted by Crippen LogP contribution is -2.04. The lowest BCUT2D eigenvalue weighted by Gasteiger charge is -2.11. The van der Waals surface area contributed by atoms with E-state index in [4.69, 9.17) is 10.5 Å². The van der Waals surface area contributed by atoms with Crippen LogP contribution in [0.5, 0.6) is 5.75 Å². The van der Waals surface area contributed by atoms with Crippen molar-refractivity contribution >= 4 is 21.6 Å². The molecule has 0 atom stereocenters. The minimum atomic E-state index is -0.503. The molecule has 5 nitrogen and oxygen atoms in total. The van der Waals surface area contributed by atoms with Crippen molar-refractivity contribution in [2.24, 2.45) is 5.73 Å². The molecule has 0 saturated heterocycles. The van der Waals surface area contributed by atoms with Crippen LogP contribution in [0.4, 0.5) is 10.1 Å². The normalized spacial score (nSPS) is 10.4. The maximum absolute atomic E-state index is 13.6. The van der Waals surface area contributed by atoms with E-state index in [1.54, 1.807) is 12.1 Å². The number of halogens is 2. The summed E-state index contributed by atoms with van der Waals surface area (Å²) in [5.74, 6) is 0.0249. The topological polar surface area (TPSA) is 78.4 Å². The molecule has 0 spiro atoms. The highest BCUT2D eigenvalue weighted by molar-refractivity contribution is 9.10. The summed E-state index contributed by atoms with van der Waals surface area (Å²) in [5, 5.41) is 10.7. The lowest BCUT2D eigenvalue weighted by molar-refractivity contribution is -0.384. The Morgan fingerprint density at radius 2 is 2.00 bits per heavy atom. The summed E-state index contributed by atoms with van der Waals surface area (Å²) < 4.78 is 19.9. The van der Waals surface area contributed by atoms with Crippen molar-refractivity contribution in [2.45, 2.75) is 13.2 Å². The number of ether oxygens (including phenoxy) is 1. The Labute approximate surface area is 128 Å². The van der Waals surface area contributed by atoms with E-state index in [2.05, 4.69) is 15.9 Å². The largest absolute Gasteiger partial charge is 0.488 e. The SMILES string of the molecule is NCc1cc([N+](=O)[O-])ccc1OCc1cc(Br)ccc1F. The number of nitrogens with two attached hydrogens (primary N) is 1. The van der Waals surface area contributed by atoms with Gasteiger partial charge in [0.05, 0.1) is 4.92 Å². The molecule has 0 aromatic heterocycles. The van der Waals surface area contributed by atoms with Crippen molar-refractivity contribution in [2.75, 3.05) is 0 Å². The van der Waals surface area contributed by atoms with E-state index in [0.29, 0.717) is 16.9 Å². The quantitative estimate of drug-likeness (QED) is 0.657. The highest BCUT2D eigenvalue weighted by Crippen LogP contribution is 2.25. The van der Waals surface area contributed by atoms with Gasteiger partial charge in [0.25, 0.3) is 5.69 Å². The minimum absolute atomic E-state index is 0.0100. The fourth-order valence-corrected chi connectivity index (χ4v) is 2.20. The number of rotatable bonds is 5. The molecule has 2 N–H and O–H groups in total. The highest BCUT2D eigenvalue weighted by atomic mass is 79.9. The van der Waals surface area contributed by atoms with Crippen LogP contribution in [0.25, 0.3) is 0 Å². The third kappa shape index (κ3) is 3.77. The zero-order chi connectivity index (χ0) is 15.4. The molecule has 0 saturated carbocycles. The summed E-state index contributed by atoms with van der Waals surface area (Å²) in [5.41, 5.74) is 6.38. The first-order valence-corrected chi connectivity index (χ1v) is 6.84. The van der Waals surface area contributed by atoms with Crippen LogP contribution < -0.4 is 10.5 Å². The smallest absolute Gasteiger partial charge is 0.270 e. The van der Waals surface area contributed by atoms with Crippen LogP contribution in [0.1, 0.15) is 11.1 Å². The van der Waals surface area contributed by atoms with Gasteiger partial charge in [-0.15, -0.1) is 0 Å². The lowest BCUT2D eigenvalue weighted by atomic mass is 10.1. The summed E-state index contributed by atoms with van der Waals surface area (Å²) in [6.45, 7) is 0.105. The fraction of sp³-hybridized carbons (Fsp3) is 0.143. The fourth-order valence-electron chi connectivity index (χ4n) is 1.79. The van der Waals surface area contributed by atoms with Crippen LogP contribution in [-0.4, -0.2) is 4.92 Å². The van der Waals surface area contributed by atoms with Crippen LogP contribution in [0.3, 0.4) is 0 Å². The van der Waals surface area contributed by atoms with Gasteiger partial charge in [-0.2, -0.15) is 0 Å². The Bertz CT molecular complexity index is 679. The predicted molar refractivity (Wildman–Crippen MR) is 79.4 cm³/mol. The minimum Gasteiger partial charge on any atom is -0.488 e. The summed E-state index contributed by atoms with van der Waals surface area (Å²) in [6.07, 6.45) is 0. The summed E-state index contributed by atoms with van der Waals surface area (Å²) >= 11 is 3.26. The standard InChI is InChI=1S/C14H12BrFN2O3/c15-11-1-3-13(16)10(5-11)8-21-14-4-2-12(18(19)20)6-9(14)7-17/h1-6H,7-8,17H2. The maximum Gasteiger partial charge on any atom is 0.270 e. The van der Waals surface area contributed by atoms with Crippen LogP contribution in [0, 0.1) is 15.9 Å². The summed E-state index contributed by atoms with van der Waals surface area (Å²) in [7, 11) is 0. The molecule has 0 heterocycles. The van der Waals surface area contributed by atoms with E-state index in [0.717, 1.165) is 4.47 Å². The predicted octanol–water partition coefficient (Wildman–Crippen LogP) is 3.53. The van der Waals surface area contributed by atoms with Crippen LogP contribution in [-0.2, 0) is 13.2 Å². The van der Waals surface area contributed by atoms with Crippen molar-refractivity contribution in [1.29, 1.82) is 0 Å². The first-order valence-electron chi connectivity index (χ1n) is 6.05. The molecule has 7 heteroatoms. The Morgan fingerprint density at radius 1 is 1.24 bits per heavy atom. The Balaban J connectivity index is 2.19. The number of hydrogen-bond donors (Lipinski definition) is 1. The number of benzene rings is 2. The first kappa shape index (κ1) is 15.4. The van der Waals surface area contributed by atoms with E-state index in [1.165, 1.54) is 24.3 Å². The van der Waals surface area contributed by atoms with Crippen molar-refractivity contribution < 1.29 is 14.1 Å². The Hall–Kier alpha value is -1.99. The molecule has 0 fully saturated rings. The number of nitrogens with zero attached hydrogens (tertiary/aromatic N) is 1. The second-order valence-corrected chi connectivity index (χ2v) is 5.19. The third-order valence-corrected chi connectivity index (χ3v) is 3.36. The van der Waals surface area contributed by atoms with Crippen LogP contribution in [0.2, 0.25) is 0 Å². The van der Waals surface area contributed by atoms with Gasteiger partial charge in [-0.25, -0.2) is 4.39 Å². The van der Waals surface area contributed by atoms with E-state index in [-0.39, 0.29) is 24.7 Å². The number of nitro groups is 1. The van der Waals surface area contributed by atoms with Gasteiger partial charge in [0.15, 0.2) is 0 Å². The maximum atomic E-state index is 13.6. The van der Waals surface area contributed by atoms with Gasteiger partial charge in [0.1, 0.15) is 18.2 Å². The first-order chi connectivity index (χ1) is 10.0. The molecule has 0 aliphatic rings. The Kier molecular flexibility index (Phi) is 4.87. The second kappa shape index (κ2) is 6.64. The van der Waals surface area contributed by atoms with Gasteiger partial charge in [-0.3, -0.25) is 10.1 Å². The molecule has 110 valence electrons. The number of hydrogen-bond acceptors (Lipinski definition) is 4. The molecule has 0 unspecified atom stereocenters. The molecule has 2 aromatic carbocycles. The van der Waals surface area contributed by atoms with Gasteiger partial charge < -0.3 is 10.5 Å². The highest BCUT2D eigenvalue weighted by Gasteiger charge is 2.12. The van der Waals surface area contributed by atoms with Gasteiger partial charge in [-0.05, 0) is 24.3 Å². The molecule has 21 heavy (non-hydrogen) atoms. The third-order valence-electron chi connectivity index (χ3n) is 2.87. The average molecular weight is 355 g/mol. The van der Waals surface area contributed by atoms with Gasteiger partial charge in [-0.1, -0.05) is 15.9 Å². The van der Waals surface area contributed by atoms with Gasteiger partial charge >= 0.3 is 0 Å². The molecular weight excluding hydrogens is 343 g/mol. The summed E-state index contributed by atoms with van der Waals surface area (Å²) in [4.78, 5) is 10.2. The second-order valence-electron chi connectivity index (χ2n) is 4.28. The van der Waals surface area contributed by atoms with Gasteiger partial charge in [0, 0.05) is 34.3 Å². The molecule has 2 aromatic rings.